The van der Waals surface area contributed by atoms with E-state index in [9.17, 15) is 9.59 Å². The number of piperidine rings is 1. The van der Waals surface area contributed by atoms with Gasteiger partial charge >= 0.3 is 0 Å². The molecular weight excluding hydrogens is 384 g/mol. The van der Waals surface area contributed by atoms with E-state index < -0.39 is 11.5 Å². The average Bonchev–Trinajstić information content (AvgIpc) is 2.84. The van der Waals surface area contributed by atoms with Gasteiger partial charge in [0.05, 0.1) is 20.3 Å². The summed E-state index contributed by atoms with van der Waals surface area (Å²) in [6.07, 6.45) is 0.884. The van der Waals surface area contributed by atoms with E-state index in [4.69, 9.17) is 26.0 Å². The number of carbonyl (C=O) groups excluding carboxylic acids is 2. The number of hydrogen-bond acceptors (Lipinski definition) is 6. The lowest BCUT2D eigenvalue weighted by atomic mass is 9.80. The van der Waals surface area contributed by atoms with E-state index in [-0.39, 0.29) is 18.3 Å². The van der Waals surface area contributed by atoms with E-state index in [0.29, 0.717) is 43.1 Å². The molecule has 2 aliphatic rings. The van der Waals surface area contributed by atoms with Gasteiger partial charge in [-0.1, -0.05) is 17.7 Å². The van der Waals surface area contributed by atoms with Crippen LogP contribution in [0.2, 0.25) is 5.02 Å². The number of hydrogen-bond donors (Lipinski definition) is 0. The molecule has 1 aromatic carbocycles. The third-order valence-corrected chi connectivity index (χ3v) is 5.95. The Morgan fingerprint density at radius 3 is 2.39 bits per heavy atom. The summed E-state index contributed by atoms with van der Waals surface area (Å²) >= 11 is 6.48. The summed E-state index contributed by atoms with van der Waals surface area (Å²) in [6, 6.07) is 3.73. The van der Waals surface area contributed by atoms with Crippen molar-refractivity contribution in [1.29, 1.82) is 0 Å². The molecule has 0 radical (unpaired) electrons. The summed E-state index contributed by atoms with van der Waals surface area (Å²) in [7, 11) is 3.16. The van der Waals surface area contributed by atoms with E-state index in [1.807, 2.05) is 19.9 Å². The molecule has 8 heteroatoms. The van der Waals surface area contributed by atoms with Crippen molar-refractivity contribution in [2.75, 3.05) is 40.5 Å². The van der Waals surface area contributed by atoms with E-state index in [1.165, 1.54) is 5.06 Å². The van der Waals surface area contributed by atoms with Crippen LogP contribution in [0.5, 0.6) is 0 Å². The first-order valence-corrected chi connectivity index (χ1v) is 9.79. The fourth-order valence-electron chi connectivity index (χ4n) is 4.24. The molecule has 2 aliphatic heterocycles. The van der Waals surface area contributed by atoms with Crippen LogP contribution in [0.4, 0.5) is 0 Å². The number of methoxy groups -OCH3 is 1. The lowest BCUT2D eigenvalue weighted by Crippen LogP contribution is -2.56. The predicted molar refractivity (Wildman–Crippen MR) is 104 cm³/mol. The average molecular weight is 411 g/mol. The molecule has 2 saturated heterocycles. The van der Waals surface area contributed by atoms with E-state index in [1.54, 1.807) is 25.3 Å². The molecule has 0 aromatic heterocycles. The first kappa shape index (κ1) is 21.2. The minimum absolute atomic E-state index is 0.153. The predicted octanol–water partition coefficient (Wildman–Crippen LogP) is 2.43. The zero-order valence-electron chi connectivity index (χ0n) is 16.8. The van der Waals surface area contributed by atoms with Gasteiger partial charge in [0.2, 0.25) is 0 Å². The molecule has 1 atom stereocenters. The smallest absolute Gasteiger partial charge is 0.262 e. The van der Waals surface area contributed by atoms with Crippen molar-refractivity contribution in [2.45, 2.75) is 38.1 Å². The minimum atomic E-state index is -1.01. The number of rotatable bonds is 6. The lowest BCUT2D eigenvalue weighted by molar-refractivity contribution is -0.232. The highest BCUT2D eigenvalue weighted by atomic mass is 35.5. The molecule has 1 amide bonds. The Labute approximate surface area is 170 Å². The highest BCUT2D eigenvalue weighted by Gasteiger charge is 2.61. The van der Waals surface area contributed by atoms with Crippen molar-refractivity contribution in [3.8, 4) is 0 Å². The van der Waals surface area contributed by atoms with Crippen LogP contribution in [0.15, 0.2) is 12.1 Å². The Hall–Kier alpha value is -1.51. The van der Waals surface area contributed by atoms with Gasteiger partial charge < -0.3 is 9.57 Å². The van der Waals surface area contributed by atoms with Crippen LogP contribution in [0.1, 0.15) is 35.4 Å². The van der Waals surface area contributed by atoms with Gasteiger partial charge in [0.1, 0.15) is 11.5 Å². The number of benzene rings is 1. The van der Waals surface area contributed by atoms with Crippen LogP contribution >= 0.6 is 11.6 Å². The van der Waals surface area contributed by atoms with Gasteiger partial charge in [0.15, 0.2) is 5.78 Å². The molecule has 7 nitrogen and oxygen atoms in total. The third-order valence-electron chi connectivity index (χ3n) is 5.64. The molecule has 0 bridgehead atoms. The zero-order valence-corrected chi connectivity index (χ0v) is 17.5. The van der Waals surface area contributed by atoms with Gasteiger partial charge in [0.25, 0.3) is 5.91 Å². The van der Waals surface area contributed by atoms with Crippen LogP contribution in [-0.4, -0.2) is 67.9 Å². The second-order valence-electron chi connectivity index (χ2n) is 7.38. The fraction of sp³-hybridized carbons (Fsp3) is 0.600. The fourth-order valence-corrected chi connectivity index (χ4v) is 4.67. The van der Waals surface area contributed by atoms with Crippen LogP contribution in [0.25, 0.3) is 0 Å². The second kappa shape index (κ2) is 8.47. The van der Waals surface area contributed by atoms with Gasteiger partial charge in [-0.05, 0) is 49.4 Å². The monoisotopic (exact) mass is 410 g/mol. The normalized spacial score (nSPS) is 22.5. The number of nitrogens with zero attached hydrogens (tertiary/aromatic N) is 2. The van der Waals surface area contributed by atoms with Crippen molar-refractivity contribution >= 4 is 23.3 Å². The zero-order chi connectivity index (χ0) is 20.5. The molecule has 1 unspecified atom stereocenters. The molecule has 2 heterocycles. The van der Waals surface area contributed by atoms with Crippen molar-refractivity contribution in [3.05, 3.63) is 33.8 Å². The van der Waals surface area contributed by atoms with Crippen molar-refractivity contribution in [2.24, 2.45) is 0 Å². The summed E-state index contributed by atoms with van der Waals surface area (Å²) in [4.78, 5) is 38.1. The highest BCUT2D eigenvalue weighted by molar-refractivity contribution is 6.33. The summed E-state index contributed by atoms with van der Waals surface area (Å²) in [5.74, 6) is -1.47. The Morgan fingerprint density at radius 2 is 1.82 bits per heavy atom. The van der Waals surface area contributed by atoms with Crippen LogP contribution < -0.4 is 0 Å². The van der Waals surface area contributed by atoms with Crippen LogP contribution in [-0.2, 0) is 24.0 Å². The van der Waals surface area contributed by atoms with Crippen LogP contribution in [0, 0.1) is 13.8 Å². The first-order chi connectivity index (χ1) is 13.4. The topological polar surface area (TPSA) is 68.3 Å². The Balaban J connectivity index is 2.00. The molecule has 1 spiro atoms. The van der Waals surface area contributed by atoms with Crippen LogP contribution in [0.3, 0.4) is 0 Å². The summed E-state index contributed by atoms with van der Waals surface area (Å²) in [5, 5.41) is 3.52. The summed E-state index contributed by atoms with van der Waals surface area (Å²) in [5.41, 5.74) is 1.39. The molecule has 2 fully saturated rings. The number of amides is 1. The van der Waals surface area contributed by atoms with E-state index in [2.05, 4.69) is 0 Å². The number of carbonyl (C=O) groups is 2. The maximum absolute atomic E-state index is 13.6. The number of halogens is 1. The molecule has 1 aromatic rings. The van der Waals surface area contributed by atoms with Gasteiger partial charge in [-0.25, -0.2) is 5.06 Å². The molecule has 28 heavy (non-hydrogen) atoms. The first-order valence-electron chi connectivity index (χ1n) is 9.41. The molecule has 0 aliphatic carbocycles. The van der Waals surface area contributed by atoms with Gasteiger partial charge in [0, 0.05) is 25.2 Å². The standard InChI is InChI=1S/C20H27ClN2O5/c1-13-11-14(2)16(15(21)12-13)17-18(24)20(5-7-22(27-4)8-6-20)23(19(17)25)28-10-9-26-3/h11-12,17H,5-10H2,1-4H3. The number of hydroxylamine groups is 4. The van der Waals surface area contributed by atoms with E-state index in [0.717, 1.165) is 11.1 Å². The number of Topliss-reactive ketones (excluding diaryl/α,β-unsaturated/α-hetero) is 1. The Kier molecular flexibility index (Phi) is 6.41. The summed E-state index contributed by atoms with van der Waals surface area (Å²) < 4.78 is 5.04. The van der Waals surface area contributed by atoms with E-state index >= 15 is 0 Å². The Bertz CT molecular complexity index is 738. The molecule has 154 valence electrons. The van der Waals surface area contributed by atoms with Gasteiger partial charge in [-0.15, -0.1) is 0 Å². The van der Waals surface area contributed by atoms with Crippen molar-refractivity contribution in [1.82, 2.24) is 10.1 Å². The maximum Gasteiger partial charge on any atom is 0.262 e. The maximum atomic E-state index is 13.6. The second-order valence-corrected chi connectivity index (χ2v) is 7.78. The number of ketones is 1. The molecule has 0 saturated carbocycles. The van der Waals surface area contributed by atoms with Crippen molar-refractivity contribution in [3.63, 3.8) is 0 Å². The molecular formula is C20H27ClN2O5. The van der Waals surface area contributed by atoms with Crippen molar-refractivity contribution < 1.29 is 24.0 Å². The van der Waals surface area contributed by atoms with Gasteiger partial charge in [-0.2, -0.15) is 5.06 Å². The highest BCUT2D eigenvalue weighted by Crippen LogP contribution is 2.45. The number of aryl methyl sites for hydroxylation is 2. The SMILES string of the molecule is COCCON1C(=O)C(c2c(C)cc(C)cc2Cl)C(=O)C12CCN(OC)CC2. The molecule has 3 rings (SSSR count). The quantitative estimate of drug-likeness (QED) is 0.530. The number of ether oxygens (including phenoxy) is 1. The summed E-state index contributed by atoms with van der Waals surface area (Å²) in [6.45, 7) is 5.40. The minimum Gasteiger partial charge on any atom is -0.382 e. The largest absolute Gasteiger partial charge is 0.382 e. The third kappa shape index (κ3) is 3.57. The van der Waals surface area contributed by atoms with Gasteiger partial charge in [-0.3, -0.25) is 14.4 Å². The lowest BCUT2D eigenvalue weighted by Gasteiger charge is -2.41. The molecule has 0 N–H and O–H groups in total. The Morgan fingerprint density at radius 1 is 1.14 bits per heavy atom.